The van der Waals surface area contributed by atoms with Gasteiger partial charge in [-0.3, -0.25) is 19.6 Å². The van der Waals surface area contributed by atoms with Gasteiger partial charge in [0.1, 0.15) is 0 Å². The zero-order valence-electron chi connectivity index (χ0n) is 11.5. The number of non-ortho nitro benzene ring substituents is 1. The normalized spacial score (nSPS) is 11.9. The number of amides is 1. The largest absolute Gasteiger partial charge is 0.308 e. The summed E-state index contributed by atoms with van der Waals surface area (Å²) < 4.78 is 1.60. The van der Waals surface area contributed by atoms with Gasteiger partial charge in [0.25, 0.3) is 5.69 Å². The van der Waals surface area contributed by atoms with Crippen LogP contribution in [0.2, 0.25) is 0 Å². The number of nitro groups is 1. The van der Waals surface area contributed by atoms with Crippen LogP contribution in [0.25, 0.3) is 0 Å². The smallest absolute Gasteiger partial charge is 0.269 e. The van der Waals surface area contributed by atoms with Crippen molar-refractivity contribution in [2.75, 3.05) is 5.32 Å². The number of hydrogen-bond donors (Lipinski definition) is 1. The molecule has 1 amide bonds. The van der Waals surface area contributed by atoms with Crippen LogP contribution in [0.5, 0.6) is 0 Å². The van der Waals surface area contributed by atoms with E-state index in [0.717, 1.165) is 4.90 Å². The average molecular weight is 306 g/mol. The van der Waals surface area contributed by atoms with Crippen LogP contribution in [-0.4, -0.2) is 25.9 Å². The number of anilines is 1. The first-order chi connectivity index (χ1) is 9.95. The highest BCUT2D eigenvalue weighted by Crippen LogP contribution is 2.25. The molecule has 0 bridgehead atoms. The molecular formula is C13H14N4O3S. The lowest BCUT2D eigenvalue weighted by molar-refractivity contribution is -0.384. The van der Waals surface area contributed by atoms with Gasteiger partial charge in [-0.1, -0.05) is 0 Å². The van der Waals surface area contributed by atoms with E-state index in [1.807, 2.05) is 0 Å². The Morgan fingerprint density at radius 3 is 2.57 bits per heavy atom. The number of carbonyl (C=O) groups excluding carboxylic acids is 1. The fourth-order valence-electron chi connectivity index (χ4n) is 1.61. The molecule has 0 saturated carbocycles. The Morgan fingerprint density at radius 2 is 2.05 bits per heavy atom. The second-order valence-electron chi connectivity index (χ2n) is 4.37. The van der Waals surface area contributed by atoms with Gasteiger partial charge in [0.15, 0.2) is 5.82 Å². The predicted molar refractivity (Wildman–Crippen MR) is 80.3 cm³/mol. The number of nitro benzene ring substituents is 1. The fraction of sp³-hybridized carbons (Fsp3) is 0.231. The van der Waals surface area contributed by atoms with Crippen molar-refractivity contribution in [3.8, 4) is 0 Å². The summed E-state index contributed by atoms with van der Waals surface area (Å²) >= 11 is 1.33. The summed E-state index contributed by atoms with van der Waals surface area (Å²) in [7, 11) is 1.77. The molecule has 110 valence electrons. The molecule has 0 saturated heterocycles. The first-order valence-corrected chi connectivity index (χ1v) is 7.05. The summed E-state index contributed by atoms with van der Waals surface area (Å²) in [5.41, 5.74) is 0.0324. The maximum absolute atomic E-state index is 12.0. The lowest BCUT2D eigenvalue weighted by Gasteiger charge is -2.10. The topological polar surface area (TPSA) is 90.1 Å². The zero-order chi connectivity index (χ0) is 15.4. The molecule has 2 aromatic rings. The SMILES string of the molecule is CC(Sc1ccc([N+](=O)[O-])cc1)C(=O)Nc1ccn(C)n1. The molecule has 8 heteroatoms. The molecule has 1 aromatic carbocycles. The molecule has 0 aliphatic heterocycles. The van der Waals surface area contributed by atoms with Crippen molar-refractivity contribution in [3.05, 3.63) is 46.6 Å². The lowest BCUT2D eigenvalue weighted by atomic mass is 10.3. The third-order valence-corrected chi connectivity index (χ3v) is 3.81. The van der Waals surface area contributed by atoms with E-state index < -0.39 is 4.92 Å². The Labute approximate surface area is 125 Å². The first-order valence-electron chi connectivity index (χ1n) is 6.17. The number of aryl methyl sites for hydroxylation is 1. The number of rotatable bonds is 5. The second kappa shape index (κ2) is 6.40. The van der Waals surface area contributed by atoms with E-state index in [1.165, 1.54) is 23.9 Å². The maximum atomic E-state index is 12.0. The third kappa shape index (κ3) is 4.06. The monoisotopic (exact) mass is 306 g/mol. The molecule has 7 nitrogen and oxygen atoms in total. The maximum Gasteiger partial charge on any atom is 0.269 e. The highest BCUT2D eigenvalue weighted by molar-refractivity contribution is 8.00. The number of hydrogen-bond acceptors (Lipinski definition) is 5. The zero-order valence-corrected chi connectivity index (χ0v) is 12.3. The van der Waals surface area contributed by atoms with Crippen LogP contribution in [0.15, 0.2) is 41.4 Å². The van der Waals surface area contributed by atoms with Crippen molar-refractivity contribution in [2.45, 2.75) is 17.1 Å². The van der Waals surface area contributed by atoms with E-state index in [-0.39, 0.29) is 16.8 Å². The van der Waals surface area contributed by atoms with Gasteiger partial charge in [-0.15, -0.1) is 11.8 Å². The van der Waals surface area contributed by atoms with E-state index in [1.54, 1.807) is 43.0 Å². The summed E-state index contributed by atoms with van der Waals surface area (Å²) in [6, 6.07) is 7.82. The highest BCUT2D eigenvalue weighted by Gasteiger charge is 2.16. The summed E-state index contributed by atoms with van der Waals surface area (Å²) in [6.07, 6.45) is 1.74. The Morgan fingerprint density at radius 1 is 1.38 bits per heavy atom. The Balaban J connectivity index is 1.95. The quantitative estimate of drug-likeness (QED) is 0.520. The van der Waals surface area contributed by atoms with E-state index in [0.29, 0.717) is 5.82 Å². The predicted octanol–water partition coefficient (Wildman–Crippen LogP) is 2.45. The molecule has 1 unspecified atom stereocenters. The molecule has 1 heterocycles. The van der Waals surface area contributed by atoms with Crippen LogP contribution < -0.4 is 5.32 Å². The number of nitrogens with zero attached hydrogens (tertiary/aromatic N) is 3. The van der Waals surface area contributed by atoms with Crippen molar-refractivity contribution in [1.29, 1.82) is 0 Å². The molecule has 1 N–H and O–H groups in total. The van der Waals surface area contributed by atoms with Crippen molar-refractivity contribution in [2.24, 2.45) is 7.05 Å². The number of benzene rings is 1. The lowest BCUT2D eigenvalue weighted by Crippen LogP contribution is -2.22. The summed E-state index contributed by atoms with van der Waals surface area (Å²) in [6.45, 7) is 1.77. The minimum Gasteiger partial charge on any atom is -0.308 e. The molecule has 0 aliphatic carbocycles. The van der Waals surface area contributed by atoms with Crippen LogP contribution in [0.1, 0.15) is 6.92 Å². The van der Waals surface area contributed by atoms with E-state index >= 15 is 0 Å². The highest BCUT2D eigenvalue weighted by atomic mass is 32.2. The van der Waals surface area contributed by atoms with Gasteiger partial charge < -0.3 is 5.32 Å². The van der Waals surface area contributed by atoms with Crippen LogP contribution in [-0.2, 0) is 11.8 Å². The van der Waals surface area contributed by atoms with E-state index in [4.69, 9.17) is 0 Å². The van der Waals surface area contributed by atoms with Gasteiger partial charge in [-0.2, -0.15) is 5.10 Å². The molecule has 0 spiro atoms. The van der Waals surface area contributed by atoms with Crippen molar-refractivity contribution in [3.63, 3.8) is 0 Å². The molecular weight excluding hydrogens is 292 g/mol. The van der Waals surface area contributed by atoms with Crippen LogP contribution in [0.3, 0.4) is 0 Å². The first kappa shape index (κ1) is 15.0. The molecule has 0 fully saturated rings. The van der Waals surface area contributed by atoms with Gasteiger partial charge in [0.2, 0.25) is 5.91 Å². The number of nitrogens with one attached hydrogen (secondary N) is 1. The standard InChI is InChI=1S/C13H14N4O3S/c1-9(13(18)14-12-7-8-16(2)15-12)21-11-5-3-10(4-6-11)17(19)20/h3-9H,1-2H3,(H,14,15,18). The van der Waals surface area contributed by atoms with Gasteiger partial charge in [-0.05, 0) is 19.1 Å². The van der Waals surface area contributed by atoms with Crippen molar-refractivity contribution >= 4 is 29.2 Å². The van der Waals surface area contributed by atoms with E-state index in [9.17, 15) is 14.9 Å². The number of thioether (sulfide) groups is 1. The van der Waals surface area contributed by atoms with Crippen molar-refractivity contribution < 1.29 is 9.72 Å². The Hall–Kier alpha value is -2.35. The molecule has 0 aliphatic rings. The molecule has 1 aromatic heterocycles. The summed E-state index contributed by atoms with van der Waals surface area (Å²) in [4.78, 5) is 22.9. The van der Waals surface area contributed by atoms with Gasteiger partial charge in [0, 0.05) is 36.3 Å². The minimum absolute atomic E-state index is 0.0324. The van der Waals surface area contributed by atoms with Crippen LogP contribution in [0.4, 0.5) is 11.5 Å². The van der Waals surface area contributed by atoms with Gasteiger partial charge >= 0.3 is 0 Å². The average Bonchev–Trinajstić information content (AvgIpc) is 2.84. The number of carbonyl (C=O) groups is 1. The van der Waals surface area contributed by atoms with Crippen LogP contribution >= 0.6 is 11.8 Å². The molecule has 0 radical (unpaired) electrons. The minimum atomic E-state index is -0.453. The van der Waals surface area contributed by atoms with Gasteiger partial charge in [0.05, 0.1) is 10.2 Å². The fourth-order valence-corrected chi connectivity index (χ4v) is 2.48. The second-order valence-corrected chi connectivity index (χ2v) is 5.79. The summed E-state index contributed by atoms with van der Waals surface area (Å²) in [5.74, 6) is 0.329. The Bertz CT molecular complexity index is 654. The van der Waals surface area contributed by atoms with Gasteiger partial charge in [-0.25, -0.2) is 0 Å². The van der Waals surface area contributed by atoms with Crippen molar-refractivity contribution in [1.82, 2.24) is 9.78 Å². The number of aromatic nitrogens is 2. The third-order valence-electron chi connectivity index (χ3n) is 2.69. The molecule has 2 rings (SSSR count). The van der Waals surface area contributed by atoms with Crippen LogP contribution in [0, 0.1) is 10.1 Å². The summed E-state index contributed by atoms with van der Waals surface area (Å²) in [5, 5.41) is 17.0. The van der Waals surface area contributed by atoms with E-state index in [2.05, 4.69) is 10.4 Å². The Kier molecular flexibility index (Phi) is 4.59. The molecule has 21 heavy (non-hydrogen) atoms. The molecule has 1 atom stereocenters.